The zero-order valence-corrected chi connectivity index (χ0v) is 14.3. The summed E-state index contributed by atoms with van der Waals surface area (Å²) in [5.74, 6) is 3.02. The van der Waals surface area contributed by atoms with Gasteiger partial charge >= 0.3 is 0 Å². The second kappa shape index (κ2) is 8.06. The van der Waals surface area contributed by atoms with Crippen LogP contribution in [0, 0.1) is 0 Å². The van der Waals surface area contributed by atoms with Crippen LogP contribution in [0.3, 0.4) is 0 Å². The lowest BCUT2D eigenvalue weighted by atomic mass is 10.2. The number of ether oxygens (including phenoxy) is 2. The monoisotopic (exact) mass is 344 g/mol. The van der Waals surface area contributed by atoms with Gasteiger partial charge in [0.2, 0.25) is 5.88 Å². The maximum Gasteiger partial charge on any atom is 0.256 e. The Bertz CT molecular complexity index is 702. The van der Waals surface area contributed by atoms with Gasteiger partial charge in [-0.25, -0.2) is 4.98 Å². The molecule has 1 aromatic heterocycles. The Labute approximate surface area is 145 Å². The van der Waals surface area contributed by atoms with E-state index in [9.17, 15) is 4.79 Å². The smallest absolute Gasteiger partial charge is 0.256 e. The Morgan fingerprint density at radius 3 is 3.04 bits per heavy atom. The third kappa shape index (κ3) is 4.20. The number of nitrogens with one attached hydrogen (secondary N) is 1. The summed E-state index contributed by atoms with van der Waals surface area (Å²) >= 11 is 1.87. The van der Waals surface area contributed by atoms with Gasteiger partial charge in [-0.2, -0.15) is 11.8 Å². The number of rotatable bonds is 6. The molecule has 0 aliphatic carbocycles. The quantitative estimate of drug-likeness (QED) is 0.867. The molecule has 24 heavy (non-hydrogen) atoms. The van der Waals surface area contributed by atoms with Gasteiger partial charge in [0.1, 0.15) is 11.9 Å². The van der Waals surface area contributed by atoms with Gasteiger partial charge in [0.05, 0.1) is 12.3 Å². The summed E-state index contributed by atoms with van der Waals surface area (Å²) in [5, 5.41) is 2.88. The molecule has 2 aromatic rings. The molecule has 1 N–H and O–H groups in total. The summed E-state index contributed by atoms with van der Waals surface area (Å²) < 4.78 is 11.4. The summed E-state index contributed by atoms with van der Waals surface area (Å²) in [5.41, 5.74) is 1.16. The van der Waals surface area contributed by atoms with Crippen LogP contribution in [0.5, 0.6) is 11.6 Å². The van der Waals surface area contributed by atoms with Crippen LogP contribution in [0.4, 0.5) is 5.69 Å². The number of hydrogen-bond donors (Lipinski definition) is 1. The Balaban J connectivity index is 1.71. The highest BCUT2D eigenvalue weighted by atomic mass is 32.2. The molecule has 2 heterocycles. The Morgan fingerprint density at radius 2 is 2.25 bits per heavy atom. The Morgan fingerprint density at radius 1 is 1.38 bits per heavy atom. The molecule has 1 amide bonds. The molecule has 0 spiro atoms. The number of amides is 1. The molecule has 1 unspecified atom stereocenters. The van der Waals surface area contributed by atoms with Crippen molar-refractivity contribution in [2.45, 2.75) is 19.4 Å². The van der Waals surface area contributed by atoms with Gasteiger partial charge in [-0.3, -0.25) is 4.79 Å². The lowest BCUT2D eigenvalue weighted by molar-refractivity contribution is 0.102. The second-order valence-electron chi connectivity index (χ2n) is 5.37. The van der Waals surface area contributed by atoms with E-state index < -0.39 is 0 Å². The number of anilines is 1. The molecule has 3 rings (SSSR count). The summed E-state index contributed by atoms with van der Waals surface area (Å²) in [6, 6.07) is 10.7. The minimum Gasteiger partial charge on any atom is -0.492 e. The fraction of sp³-hybridized carbons (Fsp3) is 0.333. The van der Waals surface area contributed by atoms with Crippen LogP contribution in [-0.4, -0.2) is 35.1 Å². The van der Waals surface area contributed by atoms with Crippen LogP contribution in [0.2, 0.25) is 0 Å². The van der Waals surface area contributed by atoms with Crippen LogP contribution in [0.1, 0.15) is 23.7 Å². The van der Waals surface area contributed by atoms with Crippen molar-refractivity contribution in [2.75, 3.05) is 23.4 Å². The summed E-state index contributed by atoms with van der Waals surface area (Å²) in [7, 11) is 0. The number of para-hydroxylation sites is 2. The third-order valence-corrected chi connectivity index (χ3v) is 4.74. The second-order valence-corrected chi connectivity index (χ2v) is 6.52. The first kappa shape index (κ1) is 16.6. The van der Waals surface area contributed by atoms with Crippen molar-refractivity contribution < 1.29 is 14.3 Å². The zero-order valence-electron chi connectivity index (χ0n) is 13.5. The first-order valence-electron chi connectivity index (χ1n) is 8.00. The number of thioether (sulfide) groups is 1. The predicted octanol–water partition coefficient (Wildman–Crippen LogP) is 3.62. The van der Waals surface area contributed by atoms with Gasteiger partial charge in [-0.15, -0.1) is 0 Å². The van der Waals surface area contributed by atoms with E-state index in [0.29, 0.717) is 29.5 Å². The zero-order chi connectivity index (χ0) is 16.8. The molecule has 1 aliphatic rings. The molecular weight excluding hydrogens is 324 g/mol. The summed E-state index contributed by atoms with van der Waals surface area (Å²) in [6.07, 6.45) is 2.80. The van der Waals surface area contributed by atoms with E-state index in [2.05, 4.69) is 10.3 Å². The standard InChI is InChI=1S/C18H20N2O3S/c1-2-22-16-6-4-3-5-15(16)20-18(21)13-7-9-19-17(11-13)23-14-8-10-24-12-14/h3-7,9,11,14H,2,8,10,12H2,1H3,(H,20,21). The minimum atomic E-state index is -0.213. The number of carbonyl (C=O) groups excluding carboxylic acids is 1. The van der Waals surface area contributed by atoms with Crippen LogP contribution in [0.25, 0.3) is 0 Å². The molecule has 126 valence electrons. The van der Waals surface area contributed by atoms with E-state index in [4.69, 9.17) is 9.47 Å². The van der Waals surface area contributed by atoms with E-state index in [1.807, 2.05) is 43.0 Å². The van der Waals surface area contributed by atoms with Crippen LogP contribution < -0.4 is 14.8 Å². The molecule has 1 saturated heterocycles. The van der Waals surface area contributed by atoms with E-state index in [1.165, 1.54) is 0 Å². The van der Waals surface area contributed by atoms with Crippen LogP contribution in [0.15, 0.2) is 42.6 Å². The molecule has 0 radical (unpaired) electrons. The molecule has 1 fully saturated rings. The van der Waals surface area contributed by atoms with Crippen LogP contribution in [-0.2, 0) is 0 Å². The fourth-order valence-electron chi connectivity index (χ4n) is 2.44. The lowest BCUT2D eigenvalue weighted by Gasteiger charge is -2.13. The van der Waals surface area contributed by atoms with E-state index in [1.54, 1.807) is 18.3 Å². The molecule has 1 aromatic carbocycles. The van der Waals surface area contributed by atoms with Gasteiger partial charge in [0.15, 0.2) is 0 Å². The molecule has 1 aliphatic heterocycles. The third-order valence-electron chi connectivity index (χ3n) is 3.61. The SMILES string of the molecule is CCOc1ccccc1NC(=O)c1ccnc(OC2CCSC2)c1. The van der Waals surface area contributed by atoms with E-state index in [-0.39, 0.29) is 12.0 Å². The van der Waals surface area contributed by atoms with Gasteiger partial charge in [0, 0.05) is 23.6 Å². The van der Waals surface area contributed by atoms with Crippen molar-refractivity contribution in [3.05, 3.63) is 48.2 Å². The van der Waals surface area contributed by atoms with Gasteiger partial charge < -0.3 is 14.8 Å². The lowest BCUT2D eigenvalue weighted by Crippen LogP contribution is -2.17. The van der Waals surface area contributed by atoms with E-state index >= 15 is 0 Å². The average molecular weight is 344 g/mol. The van der Waals surface area contributed by atoms with Gasteiger partial charge in [-0.1, -0.05) is 12.1 Å². The molecule has 0 saturated carbocycles. The number of pyridine rings is 1. The first-order valence-corrected chi connectivity index (χ1v) is 9.15. The molecule has 5 nitrogen and oxygen atoms in total. The maximum atomic E-state index is 12.5. The highest BCUT2D eigenvalue weighted by Crippen LogP contribution is 2.25. The van der Waals surface area contributed by atoms with Crippen molar-refractivity contribution >= 4 is 23.4 Å². The van der Waals surface area contributed by atoms with Crippen molar-refractivity contribution in [2.24, 2.45) is 0 Å². The fourth-order valence-corrected chi connectivity index (χ4v) is 3.53. The summed E-state index contributed by atoms with van der Waals surface area (Å²) in [4.78, 5) is 16.7. The highest BCUT2D eigenvalue weighted by molar-refractivity contribution is 7.99. The molecule has 1 atom stereocenters. The van der Waals surface area contributed by atoms with Gasteiger partial charge in [-0.05, 0) is 37.3 Å². The van der Waals surface area contributed by atoms with Crippen molar-refractivity contribution in [3.63, 3.8) is 0 Å². The van der Waals surface area contributed by atoms with Gasteiger partial charge in [0.25, 0.3) is 5.91 Å². The predicted molar refractivity (Wildman–Crippen MR) is 96.2 cm³/mol. The normalized spacial score (nSPS) is 16.6. The number of nitrogens with zero attached hydrogens (tertiary/aromatic N) is 1. The first-order chi connectivity index (χ1) is 11.8. The Kier molecular flexibility index (Phi) is 5.59. The number of aromatic nitrogens is 1. The van der Waals surface area contributed by atoms with Crippen molar-refractivity contribution in [1.82, 2.24) is 4.98 Å². The number of hydrogen-bond acceptors (Lipinski definition) is 5. The average Bonchev–Trinajstić information content (AvgIpc) is 3.10. The van der Waals surface area contributed by atoms with Crippen LogP contribution >= 0.6 is 11.8 Å². The maximum absolute atomic E-state index is 12.5. The number of carbonyl (C=O) groups is 1. The minimum absolute atomic E-state index is 0.180. The largest absolute Gasteiger partial charge is 0.492 e. The van der Waals surface area contributed by atoms with Crippen molar-refractivity contribution in [1.29, 1.82) is 0 Å². The topological polar surface area (TPSA) is 60.5 Å². The Hall–Kier alpha value is -2.21. The molecular formula is C18H20N2O3S. The highest BCUT2D eigenvalue weighted by Gasteiger charge is 2.18. The summed E-state index contributed by atoms with van der Waals surface area (Å²) in [6.45, 7) is 2.45. The molecule has 6 heteroatoms. The van der Waals surface area contributed by atoms with Crippen molar-refractivity contribution in [3.8, 4) is 11.6 Å². The van der Waals surface area contributed by atoms with E-state index in [0.717, 1.165) is 17.9 Å². The number of benzene rings is 1. The molecule has 0 bridgehead atoms.